The number of anilines is 2. The standard InChI is InChI=1S/C13H22N4O/c1-3-4-11-12(14)15-9-16-13(11)17(7-8-18-2)10-5-6-10/h9-10H,3-8H2,1-2H3,(H2,14,15,16). The van der Waals surface area contributed by atoms with Crippen molar-refractivity contribution >= 4 is 11.6 Å². The molecule has 5 nitrogen and oxygen atoms in total. The van der Waals surface area contributed by atoms with Crippen LogP contribution >= 0.6 is 0 Å². The van der Waals surface area contributed by atoms with Crippen molar-refractivity contribution in [3.8, 4) is 0 Å². The summed E-state index contributed by atoms with van der Waals surface area (Å²) >= 11 is 0. The zero-order valence-corrected chi connectivity index (χ0v) is 11.2. The van der Waals surface area contributed by atoms with E-state index >= 15 is 0 Å². The van der Waals surface area contributed by atoms with Gasteiger partial charge in [-0.05, 0) is 19.3 Å². The number of nitrogen functional groups attached to an aromatic ring is 1. The molecule has 0 atom stereocenters. The second-order valence-electron chi connectivity index (χ2n) is 4.73. The molecule has 1 aromatic heterocycles. The molecule has 1 aromatic rings. The second-order valence-corrected chi connectivity index (χ2v) is 4.73. The minimum Gasteiger partial charge on any atom is -0.383 e. The average Bonchev–Trinajstić information content (AvgIpc) is 3.18. The molecule has 0 aromatic carbocycles. The number of nitrogens with zero attached hydrogens (tertiary/aromatic N) is 3. The number of hydrogen-bond acceptors (Lipinski definition) is 5. The van der Waals surface area contributed by atoms with Crippen molar-refractivity contribution in [2.24, 2.45) is 0 Å². The fourth-order valence-corrected chi connectivity index (χ4v) is 2.19. The summed E-state index contributed by atoms with van der Waals surface area (Å²) in [5.74, 6) is 1.62. The molecule has 0 saturated heterocycles. The van der Waals surface area contributed by atoms with Crippen molar-refractivity contribution in [1.82, 2.24) is 9.97 Å². The van der Waals surface area contributed by atoms with E-state index in [2.05, 4.69) is 21.8 Å². The Bertz CT molecular complexity index is 393. The van der Waals surface area contributed by atoms with Crippen molar-refractivity contribution in [3.63, 3.8) is 0 Å². The summed E-state index contributed by atoms with van der Waals surface area (Å²) in [7, 11) is 1.73. The Morgan fingerprint density at radius 1 is 1.44 bits per heavy atom. The van der Waals surface area contributed by atoms with Crippen molar-refractivity contribution in [2.45, 2.75) is 38.6 Å². The average molecular weight is 250 g/mol. The van der Waals surface area contributed by atoms with Gasteiger partial charge in [0.05, 0.1) is 6.61 Å². The summed E-state index contributed by atoms with van der Waals surface area (Å²) in [5, 5.41) is 0. The second kappa shape index (κ2) is 6.00. The zero-order chi connectivity index (χ0) is 13.0. The highest BCUT2D eigenvalue weighted by Crippen LogP contribution is 2.33. The molecule has 0 unspecified atom stereocenters. The summed E-state index contributed by atoms with van der Waals surface area (Å²) in [6, 6.07) is 0.602. The topological polar surface area (TPSA) is 64.3 Å². The smallest absolute Gasteiger partial charge is 0.137 e. The first-order valence-electron chi connectivity index (χ1n) is 6.62. The maximum absolute atomic E-state index is 5.99. The van der Waals surface area contributed by atoms with E-state index in [0.717, 1.165) is 30.8 Å². The highest BCUT2D eigenvalue weighted by molar-refractivity contribution is 5.57. The van der Waals surface area contributed by atoms with Crippen molar-refractivity contribution in [1.29, 1.82) is 0 Å². The van der Waals surface area contributed by atoms with Crippen molar-refractivity contribution < 1.29 is 4.74 Å². The van der Waals surface area contributed by atoms with Gasteiger partial charge in [-0.15, -0.1) is 0 Å². The van der Waals surface area contributed by atoms with Crippen LogP contribution in [0.3, 0.4) is 0 Å². The largest absolute Gasteiger partial charge is 0.383 e. The van der Waals surface area contributed by atoms with E-state index in [-0.39, 0.29) is 0 Å². The number of rotatable bonds is 7. The number of hydrogen-bond donors (Lipinski definition) is 1. The highest BCUT2D eigenvalue weighted by Gasteiger charge is 2.31. The molecule has 0 aliphatic heterocycles. The Hall–Kier alpha value is -1.36. The van der Waals surface area contributed by atoms with Gasteiger partial charge in [-0.1, -0.05) is 13.3 Å². The molecule has 1 saturated carbocycles. The summed E-state index contributed by atoms with van der Waals surface area (Å²) in [4.78, 5) is 10.9. The maximum Gasteiger partial charge on any atom is 0.137 e. The molecule has 1 aliphatic carbocycles. The van der Waals surface area contributed by atoms with Crippen LogP contribution in [0.15, 0.2) is 6.33 Å². The number of nitrogens with two attached hydrogens (primary N) is 1. The van der Waals surface area contributed by atoms with Crippen LogP contribution in [-0.2, 0) is 11.2 Å². The molecule has 2 rings (SSSR count). The first kappa shape index (κ1) is 13.1. The van der Waals surface area contributed by atoms with Crippen LogP contribution in [-0.4, -0.2) is 36.3 Å². The van der Waals surface area contributed by atoms with Crippen LogP contribution in [0.4, 0.5) is 11.6 Å². The van der Waals surface area contributed by atoms with Crippen LogP contribution in [0, 0.1) is 0 Å². The fourth-order valence-electron chi connectivity index (χ4n) is 2.19. The van der Waals surface area contributed by atoms with Gasteiger partial charge in [0, 0.05) is 25.3 Å². The Morgan fingerprint density at radius 2 is 2.22 bits per heavy atom. The molecule has 18 heavy (non-hydrogen) atoms. The lowest BCUT2D eigenvalue weighted by atomic mass is 10.1. The first-order chi connectivity index (χ1) is 8.77. The van der Waals surface area contributed by atoms with Gasteiger partial charge in [0.1, 0.15) is 18.0 Å². The Balaban J connectivity index is 2.25. The maximum atomic E-state index is 5.99. The van der Waals surface area contributed by atoms with Crippen LogP contribution in [0.1, 0.15) is 31.7 Å². The molecular weight excluding hydrogens is 228 g/mol. The molecule has 5 heteroatoms. The van der Waals surface area contributed by atoms with E-state index in [1.54, 1.807) is 13.4 Å². The van der Waals surface area contributed by atoms with Gasteiger partial charge in [-0.25, -0.2) is 9.97 Å². The van der Waals surface area contributed by atoms with Gasteiger partial charge in [-0.2, -0.15) is 0 Å². The zero-order valence-electron chi connectivity index (χ0n) is 11.2. The first-order valence-corrected chi connectivity index (χ1v) is 6.62. The minimum atomic E-state index is 0.602. The van der Waals surface area contributed by atoms with E-state index < -0.39 is 0 Å². The third-order valence-corrected chi connectivity index (χ3v) is 3.25. The van der Waals surface area contributed by atoms with E-state index in [1.165, 1.54) is 12.8 Å². The van der Waals surface area contributed by atoms with Crippen LogP contribution < -0.4 is 10.6 Å². The molecule has 1 fully saturated rings. The van der Waals surface area contributed by atoms with Crippen LogP contribution in [0.2, 0.25) is 0 Å². The number of aromatic nitrogens is 2. The van der Waals surface area contributed by atoms with E-state index in [9.17, 15) is 0 Å². The third kappa shape index (κ3) is 2.90. The fraction of sp³-hybridized carbons (Fsp3) is 0.692. The van der Waals surface area contributed by atoms with Gasteiger partial charge >= 0.3 is 0 Å². The van der Waals surface area contributed by atoms with Crippen molar-refractivity contribution in [3.05, 3.63) is 11.9 Å². The molecule has 0 bridgehead atoms. The monoisotopic (exact) mass is 250 g/mol. The minimum absolute atomic E-state index is 0.602. The molecule has 1 heterocycles. The van der Waals surface area contributed by atoms with Gasteiger partial charge in [0.25, 0.3) is 0 Å². The van der Waals surface area contributed by atoms with Gasteiger partial charge in [0.15, 0.2) is 0 Å². The lowest BCUT2D eigenvalue weighted by molar-refractivity contribution is 0.204. The Labute approximate surface area is 108 Å². The molecule has 0 spiro atoms. The van der Waals surface area contributed by atoms with Gasteiger partial charge < -0.3 is 15.4 Å². The van der Waals surface area contributed by atoms with Crippen molar-refractivity contribution in [2.75, 3.05) is 30.9 Å². The SMILES string of the molecule is CCCc1c(N)ncnc1N(CCOC)C1CC1. The van der Waals surface area contributed by atoms with E-state index in [0.29, 0.717) is 18.5 Å². The predicted molar refractivity (Wildman–Crippen MR) is 72.7 cm³/mol. The lowest BCUT2D eigenvalue weighted by Gasteiger charge is -2.25. The molecule has 1 aliphatic rings. The molecule has 0 amide bonds. The number of methoxy groups -OCH3 is 1. The Morgan fingerprint density at radius 3 is 2.83 bits per heavy atom. The molecule has 0 radical (unpaired) electrons. The normalized spacial score (nSPS) is 14.8. The molecular formula is C13H22N4O. The van der Waals surface area contributed by atoms with Crippen LogP contribution in [0.5, 0.6) is 0 Å². The summed E-state index contributed by atoms with van der Waals surface area (Å²) in [6.07, 6.45) is 6.01. The highest BCUT2D eigenvalue weighted by atomic mass is 16.5. The number of ether oxygens (including phenoxy) is 1. The van der Waals surface area contributed by atoms with Crippen LogP contribution in [0.25, 0.3) is 0 Å². The summed E-state index contributed by atoms with van der Waals surface area (Å²) in [6.45, 7) is 3.73. The van der Waals surface area contributed by atoms with E-state index in [1.807, 2.05) is 0 Å². The Kier molecular flexibility index (Phi) is 4.36. The summed E-state index contributed by atoms with van der Waals surface area (Å²) in [5.41, 5.74) is 7.07. The van der Waals surface area contributed by atoms with Gasteiger partial charge in [-0.3, -0.25) is 0 Å². The lowest BCUT2D eigenvalue weighted by Crippen LogP contribution is -2.31. The predicted octanol–water partition coefficient (Wildman–Crippen LogP) is 1.63. The molecule has 100 valence electrons. The molecule has 2 N–H and O–H groups in total. The third-order valence-electron chi connectivity index (χ3n) is 3.25. The van der Waals surface area contributed by atoms with E-state index in [4.69, 9.17) is 10.5 Å². The van der Waals surface area contributed by atoms with Gasteiger partial charge in [0.2, 0.25) is 0 Å². The summed E-state index contributed by atoms with van der Waals surface area (Å²) < 4.78 is 5.19. The quantitative estimate of drug-likeness (QED) is 0.796.